The van der Waals surface area contributed by atoms with Crippen molar-refractivity contribution in [3.63, 3.8) is 0 Å². The minimum atomic E-state index is -0.654. The van der Waals surface area contributed by atoms with Crippen molar-refractivity contribution in [3.05, 3.63) is 42.4 Å². The summed E-state index contributed by atoms with van der Waals surface area (Å²) in [6.45, 7) is 16.9. The van der Waals surface area contributed by atoms with E-state index >= 15 is 0 Å². The van der Waals surface area contributed by atoms with E-state index in [0.717, 1.165) is 61.9 Å². The summed E-state index contributed by atoms with van der Waals surface area (Å²) in [5.41, 5.74) is 1.66. The molecule has 1 aliphatic rings. The van der Waals surface area contributed by atoms with E-state index in [2.05, 4.69) is 77.5 Å². The van der Waals surface area contributed by atoms with Crippen LogP contribution in [0.15, 0.2) is 30.7 Å². The van der Waals surface area contributed by atoms with E-state index in [0.29, 0.717) is 31.3 Å². The van der Waals surface area contributed by atoms with Crippen molar-refractivity contribution in [3.8, 4) is 11.3 Å². The van der Waals surface area contributed by atoms with Gasteiger partial charge in [0, 0.05) is 51.0 Å². The second-order valence-electron chi connectivity index (χ2n) is 12.6. The van der Waals surface area contributed by atoms with Crippen LogP contribution in [0.25, 0.3) is 11.3 Å². The molecular weight excluding hydrogens is 694 g/mol. The van der Waals surface area contributed by atoms with Gasteiger partial charge in [-0.3, -0.25) is 9.59 Å². The highest BCUT2D eigenvalue weighted by atomic mass is 16.5. The Morgan fingerprint density at radius 2 is 1.17 bits per heavy atom. The summed E-state index contributed by atoms with van der Waals surface area (Å²) in [6, 6.07) is 3.98. The molecule has 4 heterocycles. The zero-order valence-corrected chi connectivity index (χ0v) is 33.4. The molecular formula is C37H61N11O6. The summed E-state index contributed by atoms with van der Waals surface area (Å²) in [7, 11) is 2.51. The van der Waals surface area contributed by atoms with Crippen LogP contribution in [-0.2, 0) is 32.2 Å². The summed E-state index contributed by atoms with van der Waals surface area (Å²) in [5, 5.41) is 4.86. The van der Waals surface area contributed by atoms with Crippen LogP contribution in [-0.4, -0.2) is 125 Å². The van der Waals surface area contributed by atoms with Crippen molar-refractivity contribution >= 4 is 35.6 Å². The van der Waals surface area contributed by atoms with Gasteiger partial charge in [0.15, 0.2) is 0 Å². The topological polar surface area (TPSA) is 194 Å². The number of carbonyl (C=O) groups excluding carboxylic acids is 4. The number of aromatic amines is 2. The number of nitrogens with zero attached hydrogens (tertiary/aromatic N) is 7. The van der Waals surface area contributed by atoms with Crippen molar-refractivity contribution in [1.29, 1.82) is 0 Å². The highest BCUT2D eigenvalue weighted by Crippen LogP contribution is 2.22. The number of carbonyl (C=O) groups is 4. The maximum absolute atomic E-state index is 12.6. The first kappa shape index (κ1) is 44.8. The van der Waals surface area contributed by atoms with Gasteiger partial charge >= 0.3 is 12.2 Å². The largest absolute Gasteiger partial charge is 0.453 e. The Labute approximate surface area is 319 Å². The van der Waals surface area contributed by atoms with E-state index in [4.69, 9.17) is 4.98 Å². The molecule has 54 heavy (non-hydrogen) atoms. The Balaban J connectivity index is 0.00000157. The maximum atomic E-state index is 12.6. The number of ether oxygens (including phenoxy) is 2. The molecule has 3 aromatic rings. The van der Waals surface area contributed by atoms with Crippen LogP contribution in [0, 0.1) is 0 Å². The normalized spacial score (nSPS) is 12.0. The highest BCUT2D eigenvalue weighted by molar-refractivity contribution is 5.82. The Hall–Kier alpha value is -5.35. The van der Waals surface area contributed by atoms with Gasteiger partial charge in [-0.15, -0.1) is 0 Å². The monoisotopic (exact) mass is 755 g/mol. The summed E-state index contributed by atoms with van der Waals surface area (Å²) >= 11 is 0. The van der Waals surface area contributed by atoms with Crippen molar-refractivity contribution < 1.29 is 28.7 Å². The minimum Gasteiger partial charge on any atom is -0.453 e. The molecule has 0 atom stereocenters. The Morgan fingerprint density at radius 1 is 0.685 bits per heavy atom. The van der Waals surface area contributed by atoms with Crippen LogP contribution >= 0.6 is 0 Å². The number of rotatable bonds is 15. The number of piperazine rings is 1. The van der Waals surface area contributed by atoms with Crippen LogP contribution in [0.1, 0.15) is 78.9 Å². The summed E-state index contributed by atoms with van der Waals surface area (Å²) < 4.78 is 9.09. The fourth-order valence-electron chi connectivity index (χ4n) is 5.24. The average molecular weight is 756 g/mol. The van der Waals surface area contributed by atoms with Crippen LogP contribution < -0.4 is 20.4 Å². The second kappa shape index (κ2) is 24.8. The van der Waals surface area contributed by atoms with Crippen molar-refractivity contribution in [1.82, 2.24) is 45.4 Å². The highest BCUT2D eigenvalue weighted by Gasteiger charge is 2.22. The Kier molecular flexibility index (Phi) is 20.6. The predicted molar refractivity (Wildman–Crippen MR) is 209 cm³/mol. The number of alkyl carbamates (subject to hydrolysis) is 2. The van der Waals surface area contributed by atoms with Gasteiger partial charge in [-0.05, 0) is 25.0 Å². The number of methoxy groups -OCH3 is 2. The van der Waals surface area contributed by atoms with Gasteiger partial charge in [0.1, 0.15) is 36.4 Å². The number of H-pyrrole nitrogens is 2. The van der Waals surface area contributed by atoms with Crippen LogP contribution in [0.2, 0.25) is 0 Å². The quantitative estimate of drug-likeness (QED) is 0.170. The number of nitrogens with one attached hydrogen (secondary N) is 4. The lowest BCUT2D eigenvalue weighted by molar-refractivity contribution is -0.131. The predicted octanol–water partition coefficient (Wildman–Crippen LogP) is 4.54. The maximum Gasteiger partial charge on any atom is 0.407 e. The molecule has 4 N–H and O–H groups in total. The van der Waals surface area contributed by atoms with Crippen molar-refractivity contribution in [2.75, 3.05) is 76.4 Å². The number of hydrogen-bond acceptors (Lipinski definition) is 11. The van der Waals surface area contributed by atoms with E-state index in [9.17, 15) is 19.2 Å². The van der Waals surface area contributed by atoms with E-state index in [-0.39, 0.29) is 31.4 Å². The minimum absolute atomic E-state index is 0.140. The average Bonchev–Trinajstić information content (AvgIpc) is 3.86. The van der Waals surface area contributed by atoms with E-state index in [1.165, 1.54) is 27.1 Å². The first-order valence-corrected chi connectivity index (χ1v) is 18.8. The first-order valence-electron chi connectivity index (χ1n) is 18.8. The molecule has 0 unspecified atom stereocenters. The molecule has 0 bridgehead atoms. The molecule has 0 aromatic carbocycles. The van der Waals surface area contributed by atoms with Gasteiger partial charge < -0.3 is 49.7 Å². The molecule has 4 rings (SSSR count). The smallest absolute Gasteiger partial charge is 0.407 e. The zero-order chi connectivity index (χ0) is 39.9. The number of imidazole rings is 2. The molecule has 4 amide bonds. The van der Waals surface area contributed by atoms with Gasteiger partial charge in [-0.2, -0.15) is 0 Å². The molecule has 0 saturated carbocycles. The lowest BCUT2D eigenvalue weighted by Gasteiger charge is -2.35. The van der Waals surface area contributed by atoms with Crippen LogP contribution in [0.3, 0.4) is 0 Å². The number of aromatic nitrogens is 5. The molecule has 3 aromatic heterocycles. The molecule has 1 saturated heterocycles. The lowest BCUT2D eigenvalue weighted by atomic mass is 10.2. The SMILES string of the molecule is CCC.CCC.CCCN(Cc1ncc(-c2ccc(N3CCN(c4cnc(CN(CCC)C(=O)CNC(=O)OC)[nH]4)CC3)nc2)[nH]1)C(=O)CNC(=O)OC. The standard InChI is InChI=1S/C31H45N11O6.2C3H8/c1-5-9-41(28(43)18-35-30(45)47-3)20-24-32-16-23(37-24)22-7-8-26(34-15-22)39-11-13-40(14-12-39)27-17-33-25(38-27)21-42(10-6-2)29(44)19-36-31(46)48-4;2*1-3-2/h7-8,15-17H,5-6,9-14,18-21H2,1-4H3,(H,32,37)(H,33,38)(H,35,45)(H,36,46);2*3H2,1-2H3. The third-order valence-corrected chi connectivity index (χ3v) is 7.76. The fraction of sp³-hybridized carbons (Fsp3) is 0.595. The summed E-state index contributed by atoms with van der Waals surface area (Å²) in [6.07, 6.45) is 8.05. The number of pyridine rings is 1. The first-order chi connectivity index (χ1) is 26.1. The van der Waals surface area contributed by atoms with Crippen LogP contribution in [0.5, 0.6) is 0 Å². The van der Waals surface area contributed by atoms with Crippen molar-refractivity contribution in [2.24, 2.45) is 0 Å². The van der Waals surface area contributed by atoms with E-state index in [1.807, 2.05) is 26.0 Å². The van der Waals surface area contributed by atoms with E-state index < -0.39 is 12.2 Å². The van der Waals surface area contributed by atoms with Gasteiger partial charge in [0.25, 0.3) is 0 Å². The summed E-state index contributed by atoms with van der Waals surface area (Å²) in [5.74, 6) is 2.63. The van der Waals surface area contributed by atoms with Gasteiger partial charge in [0.2, 0.25) is 11.8 Å². The van der Waals surface area contributed by atoms with Gasteiger partial charge in [0.05, 0.1) is 45.4 Å². The van der Waals surface area contributed by atoms with E-state index in [1.54, 1.807) is 28.4 Å². The van der Waals surface area contributed by atoms with Crippen LogP contribution in [0.4, 0.5) is 21.2 Å². The third kappa shape index (κ3) is 14.9. The van der Waals surface area contributed by atoms with Crippen molar-refractivity contribution in [2.45, 2.75) is 80.3 Å². The molecule has 17 nitrogen and oxygen atoms in total. The zero-order valence-electron chi connectivity index (χ0n) is 33.4. The Bertz CT molecular complexity index is 1530. The number of amides is 4. The Morgan fingerprint density at radius 3 is 1.63 bits per heavy atom. The molecule has 300 valence electrons. The summed E-state index contributed by atoms with van der Waals surface area (Å²) in [4.78, 5) is 76.0. The molecule has 0 aliphatic carbocycles. The number of anilines is 2. The lowest BCUT2D eigenvalue weighted by Crippen LogP contribution is -2.47. The van der Waals surface area contributed by atoms with Gasteiger partial charge in [-0.25, -0.2) is 24.5 Å². The molecule has 0 spiro atoms. The van der Waals surface area contributed by atoms with Gasteiger partial charge in [-0.1, -0.05) is 54.4 Å². The molecule has 1 aliphatic heterocycles. The molecule has 1 fully saturated rings. The number of hydrogen-bond donors (Lipinski definition) is 4. The third-order valence-electron chi connectivity index (χ3n) is 7.76. The molecule has 17 heteroatoms. The molecule has 0 radical (unpaired) electrons. The second-order valence-corrected chi connectivity index (χ2v) is 12.6. The fourth-order valence-corrected chi connectivity index (χ4v) is 5.24.